The van der Waals surface area contributed by atoms with Crippen LogP contribution < -0.4 is 5.32 Å². The predicted octanol–water partition coefficient (Wildman–Crippen LogP) is 6.16. The average Bonchev–Trinajstić information content (AvgIpc) is 3.05. The van der Waals surface area contributed by atoms with Crippen LogP contribution >= 0.6 is 46.3 Å². The third-order valence-electron chi connectivity index (χ3n) is 3.36. The Morgan fingerprint density at radius 2 is 1.96 bits per heavy atom. The Hall–Kier alpha value is -1.53. The molecular formula is C18H14Cl2N2OS2. The van der Waals surface area contributed by atoms with Crippen molar-refractivity contribution in [3.63, 3.8) is 0 Å². The fourth-order valence-corrected chi connectivity index (χ4v) is 4.18. The summed E-state index contributed by atoms with van der Waals surface area (Å²) in [6.45, 7) is 2.05. The van der Waals surface area contributed by atoms with Crippen molar-refractivity contribution in [2.24, 2.45) is 0 Å². The molecule has 3 rings (SSSR count). The van der Waals surface area contributed by atoms with E-state index in [1.165, 1.54) is 28.7 Å². The first-order chi connectivity index (χ1) is 12.0. The molecule has 25 heavy (non-hydrogen) atoms. The van der Waals surface area contributed by atoms with E-state index in [2.05, 4.69) is 29.4 Å². The van der Waals surface area contributed by atoms with Crippen molar-refractivity contribution < 1.29 is 4.79 Å². The number of carbonyl (C=O) groups is 1. The number of hydrogen-bond acceptors (Lipinski definition) is 4. The van der Waals surface area contributed by atoms with Gasteiger partial charge < -0.3 is 5.32 Å². The normalized spacial score (nSPS) is 10.7. The molecule has 0 saturated heterocycles. The maximum absolute atomic E-state index is 12.1. The number of thiazole rings is 1. The molecule has 0 aliphatic heterocycles. The number of nitrogens with one attached hydrogen (secondary N) is 1. The average molecular weight is 409 g/mol. The highest BCUT2D eigenvalue weighted by atomic mass is 35.5. The lowest BCUT2D eigenvalue weighted by Gasteiger charge is -2.06. The molecule has 1 amide bonds. The molecule has 0 saturated carbocycles. The number of benzene rings is 2. The summed E-state index contributed by atoms with van der Waals surface area (Å²) >= 11 is 14.8. The minimum Gasteiger partial charge on any atom is -0.324 e. The zero-order valence-corrected chi connectivity index (χ0v) is 16.4. The molecule has 3 aromatic rings. The van der Waals surface area contributed by atoms with Crippen LogP contribution in [0.15, 0.2) is 52.2 Å². The number of halogens is 2. The highest BCUT2D eigenvalue weighted by molar-refractivity contribution is 8.01. The van der Waals surface area contributed by atoms with Crippen LogP contribution in [0.5, 0.6) is 0 Å². The zero-order chi connectivity index (χ0) is 17.8. The van der Waals surface area contributed by atoms with E-state index in [0.717, 1.165) is 15.6 Å². The van der Waals surface area contributed by atoms with Crippen molar-refractivity contribution in [1.82, 2.24) is 4.98 Å². The Kier molecular flexibility index (Phi) is 6.02. The van der Waals surface area contributed by atoms with E-state index in [4.69, 9.17) is 23.2 Å². The molecule has 1 heterocycles. The number of hydrogen-bond donors (Lipinski definition) is 1. The number of aryl methyl sites for hydroxylation is 1. The summed E-state index contributed by atoms with van der Waals surface area (Å²) in [5.74, 6) is 0.126. The van der Waals surface area contributed by atoms with Crippen LogP contribution in [0.3, 0.4) is 0 Å². The van der Waals surface area contributed by atoms with Gasteiger partial charge in [-0.3, -0.25) is 4.79 Å². The molecule has 128 valence electrons. The number of aromatic nitrogens is 1. The van der Waals surface area contributed by atoms with Crippen LogP contribution in [0.1, 0.15) is 5.56 Å². The lowest BCUT2D eigenvalue weighted by atomic mass is 10.1. The third kappa shape index (κ3) is 4.98. The van der Waals surface area contributed by atoms with Gasteiger partial charge in [-0.05, 0) is 25.1 Å². The van der Waals surface area contributed by atoms with Gasteiger partial charge in [0.25, 0.3) is 0 Å². The molecule has 0 bridgehead atoms. The predicted molar refractivity (Wildman–Crippen MR) is 108 cm³/mol. The van der Waals surface area contributed by atoms with Crippen LogP contribution in [-0.4, -0.2) is 16.6 Å². The van der Waals surface area contributed by atoms with E-state index in [1.54, 1.807) is 18.2 Å². The van der Waals surface area contributed by atoms with Gasteiger partial charge in [-0.15, -0.1) is 11.3 Å². The molecule has 7 heteroatoms. The molecule has 1 aromatic heterocycles. The topological polar surface area (TPSA) is 42.0 Å². The van der Waals surface area contributed by atoms with Gasteiger partial charge in [-0.2, -0.15) is 0 Å². The highest BCUT2D eigenvalue weighted by Gasteiger charge is 2.10. The molecule has 0 radical (unpaired) electrons. The fraction of sp³-hybridized carbons (Fsp3) is 0.111. The Labute approximate surface area is 164 Å². The number of anilines is 1. The summed E-state index contributed by atoms with van der Waals surface area (Å²) in [5, 5.41) is 5.73. The van der Waals surface area contributed by atoms with E-state index in [0.29, 0.717) is 15.7 Å². The van der Waals surface area contributed by atoms with E-state index in [9.17, 15) is 4.79 Å². The maximum atomic E-state index is 12.1. The molecular weight excluding hydrogens is 395 g/mol. The van der Waals surface area contributed by atoms with Crippen LogP contribution in [0.2, 0.25) is 10.0 Å². The number of carbonyl (C=O) groups excluding carboxylic acids is 1. The second kappa shape index (κ2) is 8.23. The minimum absolute atomic E-state index is 0.138. The molecule has 0 fully saturated rings. The summed E-state index contributed by atoms with van der Waals surface area (Å²) in [4.78, 5) is 16.7. The molecule has 0 spiro atoms. The SMILES string of the molecule is Cc1ccc(-c2csc(SCC(=O)Nc3ccc(Cl)cc3Cl)n2)cc1. The summed E-state index contributed by atoms with van der Waals surface area (Å²) in [6, 6.07) is 13.2. The summed E-state index contributed by atoms with van der Waals surface area (Å²) < 4.78 is 0.855. The molecule has 0 aliphatic rings. The number of rotatable bonds is 5. The molecule has 0 aliphatic carbocycles. The first-order valence-corrected chi connectivity index (χ1v) is 10.0. The van der Waals surface area contributed by atoms with Gasteiger partial charge in [0.15, 0.2) is 4.34 Å². The first-order valence-electron chi connectivity index (χ1n) is 7.41. The molecule has 0 atom stereocenters. The van der Waals surface area contributed by atoms with E-state index >= 15 is 0 Å². The Morgan fingerprint density at radius 1 is 1.20 bits per heavy atom. The summed E-state index contributed by atoms with van der Waals surface area (Å²) in [6.07, 6.45) is 0. The Balaban J connectivity index is 1.58. The second-order valence-electron chi connectivity index (χ2n) is 5.33. The van der Waals surface area contributed by atoms with Crippen molar-refractivity contribution in [1.29, 1.82) is 0 Å². The van der Waals surface area contributed by atoms with Crippen LogP contribution in [-0.2, 0) is 4.79 Å². The van der Waals surface area contributed by atoms with Crippen LogP contribution in [0.4, 0.5) is 5.69 Å². The quantitative estimate of drug-likeness (QED) is 0.514. The van der Waals surface area contributed by atoms with Gasteiger partial charge in [-0.25, -0.2) is 4.98 Å². The maximum Gasteiger partial charge on any atom is 0.234 e. The van der Waals surface area contributed by atoms with Crippen molar-refractivity contribution >= 4 is 57.9 Å². The highest BCUT2D eigenvalue weighted by Crippen LogP contribution is 2.29. The van der Waals surface area contributed by atoms with Crippen molar-refractivity contribution in [2.45, 2.75) is 11.3 Å². The Bertz CT molecular complexity index is 894. The van der Waals surface area contributed by atoms with Crippen LogP contribution in [0, 0.1) is 6.92 Å². The largest absolute Gasteiger partial charge is 0.324 e. The molecule has 0 unspecified atom stereocenters. The number of amides is 1. The lowest BCUT2D eigenvalue weighted by molar-refractivity contribution is -0.113. The van der Waals surface area contributed by atoms with Gasteiger partial charge in [-0.1, -0.05) is 64.8 Å². The lowest BCUT2D eigenvalue weighted by Crippen LogP contribution is -2.14. The smallest absolute Gasteiger partial charge is 0.234 e. The summed E-state index contributed by atoms with van der Waals surface area (Å²) in [5.41, 5.74) is 3.77. The van der Waals surface area contributed by atoms with E-state index in [-0.39, 0.29) is 11.7 Å². The van der Waals surface area contributed by atoms with Gasteiger partial charge >= 0.3 is 0 Å². The zero-order valence-electron chi connectivity index (χ0n) is 13.3. The van der Waals surface area contributed by atoms with Gasteiger partial charge in [0.1, 0.15) is 0 Å². The number of thioether (sulfide) groups is 1. The van der Waals surface area contributed by atoms with Crippen molar-refractivity contribution in [3.05, 3.63) is 63.5 Å². The second-order valence-corrected chi connectivity index (χ2v) is 8.25. The van der Waals surface area contributed by atoms with Gasteiger partial charge in [0, 0.05) is 16.0 Å². The van der Waals surface area contributed by atoms with Gasteiger partial charge in [0.05, 0.1) is 22.2 Å². The van der Waals surface area contributed by atoms with E-state index < -0.39 is 0 Å². The monoisotopic (exact) mass is 408 g/mol. The van der Waals surface area contributed by atoms with E-state index in [1.807, 2.05) is 17.5 Å². The standard InChI is InChI=1S/C18H14Cl2N2OS2/c1-11-2-4-12(5-3-11)16-9-24-18(22-16)25-10-17(23)21-15-7-6-13(19)8-14(15)20/h2-9H,10H2,1H3,(H,21,23). The molecule has 1 N–H and O–H groups in total. The van der Waals surface area contributed by atoms with Crippen molar-refractivity contribution in [2.75, 3.05) is 11.1 Å². The van der Waals surface area contributed by atoms with Crippen molar-refractivity contribution in [3.8, 4) is 11.3 Å². The molecule has 2 aromatic carbocycles. The Morgan fingerprint density at radius 3 is 2.68 bits per heavy atom. The fourth-order valence-electron chi connectivity index (χ4n) is 2.08. The first kappa shape index (κ1) is 18.3. The summed E-state index contributed by atoms with van der Waals surface area (Å²) in [7, 11) is 0. The van der Waals surface area contributed by atoms with Gasteiger partial charge in [0.2, 0.25) is 5.91 Å². The third-order valence-corrected chi connectivity index (χ3v) is 5.93. The molecule has 3 nitrogen and oxygen atoms in total. The van der Waals surface area contributed by atoms with Crippen LogP contribution in [0.25, 0.3) is 11.3 Å². The minimum atomic E-state index is -0.138. The number of nitrogens with zero attached hydrogens (tertiary/aromatic N) is 1.